The summed E-state index contributed by atoms with van der Waals surface area (Å²) in [6.45, 7) is 5.35. The van der Waals surface area contributed by atoms with Crippen molar-refractivity contribution in [1.29, 1.82) is 0 Å². The topological polar surface area (TPSA) is 63.6 Å². The van der Waals surface area contributed by atoms with Gasteiger partial charge in [-0.3, -0.25) is 9.59 Å². The molecule has 0 aliphatic carbocycles. The molecular weight excluding hydrogens is 208 g/mol. The summed E-state index contributed by atoms with van der Waals surface area (Å²) in [7, 11) is 1.16. The molecule has 0 heterocycles. The molecule has 0 aromatic carbocycles. The summed E-state index contributed by atoms with van der Waals surface area (Å²) >= 11 is 0. The Bertz CT molecular complexity index is 315. The minimum Gasteiger partial charge on any atom is -0.481 e. The second-order valence-corrected chi connectivity index (χ2v) is 3.06. The number of carboxylic acid groups (broad SMARTS) is 1. The van der Waals surface area contributed by atoms with E-state index in [0.717, 1.165) is 7.11 Å². The molecule has 2 unspecified atom stereocenters. The average molecular weight is 224 g/mol. The quantitative estimate of drug-likeness (QED) is 0.323. The van der Waals surface area contributed by atoms with Crippen LogP contribution < -0.4 is 0 Å². The van der Waals surface area contributed by atoms with Crippen LogP contribution in [0.5, 0.6) is 0 Å². The molecule has 0 aliphatic heterocycles. The molecule has 88 valence electrons. The van der Waals surface area contributed by atoms with E-state index in [4.69, 9.17) is 5.11 Å². The van der Waals surface area contributed by atoms with Crippen LogP contribution in [0.15, 0.2) is 37.0 Å². The molecule has 4 nitrogen and oxygen atoms in total. The molecule has 2 atom stereocenters. The minimum atomic E-state index is -1.25. The van der Waals surface area contributed by atoms with Crippen LogP contribution in [-0.2, 0) is 14.3 Å². The number of carbonyl (C=O) groups is 2. The van der Waals surface area contributed by atoms with Gasteiger partial charge in [-0.25, -0.2) is 0 Å². The molecule has 0 aliphatic rings. The van der Waals surface area contributed by atoms with Gasteiger partial charge in [0.05, 0.1) is 7.11 Å². The molecule has 4 heteroatoms. The second kappa shape index (κ2) is 7.45. The molecule has 0 spiro atoms. The summed E-state index contributed by atoms with van der Waals surface area (Å²) in [6.07, 6.45) is 8.22. The first-order chi connectivity index (χ1) is 7.58. The first-order valence-corrected chi connectivity index (χ1v) is 4.81. The fraction of sp³-hybridized carbons (Fsp3) is 0.333. The fourth-order valence-corrected chi connectivity index (χ4v) is 1.18. The molecular formula is C12H16O4. The largest absolute Gasteiger partial charge is 0.481 e. The zero-order chi connectivity index (χ0) is 12.6. The summed E-state index contributed by atoms with van der Waals surface area (Å²) < 4.78 is 4.44. The molecule has 0 aromatic heterocycles. The third-order valence-corrected chi connectivity index (χ3v) is 2.02. The van der Waals surface area contributed by atoms with Crippen LogP contribution >= 0.6 is 0 Å². The van der Waals surface area contributed by atoms with E-state index < -0.39 is 23.8 Å². The number of hydrogen-bond acceptors (Lipinski definition) is 3. The van der Waals surface area contributed by atoms with E-state index in [2.05, 4.69) is 11.3 Å². The first-order valence-electron chi connectivity index (χ1n) is 4.81. The van der Waals surface area contributed by atoms with Crippen molar-refractivity contribution in [3.63, 3.8) is 0 Å². The van der Waals surface area contributed by atoms with Crippen LogP contribution in [0, 0.1) is 11.8 Å². The van der Waals surface area contributed by atoms with Gasteiger partial charge in [0.15, 0.2) is 5.92 Å². The first kappa shape index (κ1) is 14.2. The smallest absolute Gasteiger partial charge is 0.320 e. The van der Waals surface area contributed by atoms with E-state index in [0.29, 0.717) is 0 Å². The Balaban J connectivity index is 4.92. The van der Waals surface area contributed by atoms with Crippen LogP contribution in [0.4, 0.5) is 0 Å². The maximum Gasteiger partial charge on any atom is 0.320 e. The van der Waals surface area contributed by atoms with Gasteiger partial charge in [0.1, 0.15) is 0 Å². The zero-order valence-corrected chi connectivity index (χ0v) is 9.42. The summed E-state index contributed by atoms with van der Waals surface area (Å²) in [6, 6.07) is 0. The van der Waals surface area contributed by atoms with Gasteiger partial charge in [-0.1, -0.05) is 30.4 Å². The van der Waals surface area contributed by atoms with Gasteiger partial charge < -0.3 is 9.84 Å². The van der Waals surface area contributed by atoms with Crippen LogP contribution in [0.2, 0.25) is 0 Å². The summed E-state index contributed by atoms with van der Waals surface area (Å²) in [5.74, 6) is -3.82. The number of hydrogen-bond donors (Lipinski definition) is 1. The summed E-state index contributed by atoms with van der Waals surface area (Å²) in [4.78, 5) is 22.2. The van der Waals surface area contributed by atoms with Crippen LogP contribution in [0.3, 0.4) is 0 Å². The Morgan fingerprint density at radius 3 is 2.38 bits per heavy atom. The van der Waals surface area contributed by atoms with Gasteiger partial charge in [0.25, 0.3) is 0 Å². The Labute approximate surface area is 94.9 Å². The van der Waals surface area contributed by atoms with Gasteiger partial charge in [-0.15, -0.1) is 6.58 Å². The molecule has 16 heavy (non-hydrogen) atoms. The van der Waals surface area contributed by atoms with E-state index in [1.54, 1.807) is 24.3 Å². The number of carboxylic acids is 1. The zero-order valence-electron chi connectivity index (χ0n) is 9.42. The predicted molar refractivity (Wildman–Crippen MR) is 60.8 cm³/mol. The van der Waals surface area contributed by atoms with Crippen molar-refractivity contribution in [3.8, 4) is 0 Å². The predicted octanol–water partition coefficient (Wildman–Crippen LogP) is 1.79. The second-order valence-electron chi connectivity index (χ2n) is 3.06. The van der Waals surface area contributed by atoms with Gasteiger partial charge >= 0.3 is 11.9 Å². The standard InChI is InChI=1S/C12H16O4/c1-4-6-7-8-9(5-2)10(11(13)14)12(15)16-3/h4-10H,2H2,1,3H3,(H,13,14)/b6-4+,8-7+. The van der Waals surface area contributed by atoms with Gasteiger partial charge in [0.2, 0.25) is 0 Å². The van der Waals surface area contributed by atoms with Crippen LogP contribution in [0.25, 0.3) is 0 Å². The Hall–Kier alpha value is -1.84. The fourth-order valence-electron chi connectivity index (χ4n) is 1.18. The number of methoxy groups -OCH3 is 1. The molecule has 0 rings (SSSR count). The monoisotopic (exact) mass is 224 g/mol. The van der Waals surface area contributed by atoms with E-state index in [1.165, 1.54) is 6.08 Å². The van der Waals surface area contributed by atoms with Gasteiger partial charge in [-0.05, 0) is 6.92 Å². The van der Waals surface area contributed by atoms with Crippen molar-refractivity contribution < 1.29 is 19.4 Å². The number of esters is 1. The molecule has 0 bridgehead atoms. The molecule has 0 amide bonds. The number of allylic oxidation sites excluding steroid dienone is 5. The van der Waals surface area contributed by atoms with Gasteiger partial charge in [0, 0.05) is 5.92 Å². The third-order valence-electron chi connectivity index (χ3n) is 2.02. The van der Waals surface area contributed by atoms with E-state index in [-0.39, 0.29) is 0 Å². The maximum atomic E-state index is 11.3. The number of carbonyl (C=O) groups excluding carboxylic acids is 1. The number of rotatable bonds is 6. The lowest BCUT2D eigenvalue weighted by Crippen LogP contribution is -2.30. The summed E-state index contributed by atoms with van der Waals surface area (Å²) in [5, 5.41) is 8.93. The third kappa shape index (κ3) is 4.13. The maximum absolute atomic E-state index is 11.3. The molecule has 0 aromatic rings. The highest BCUT2D eigenvalue weighted by atomic mass is 16.5. The Morgan fingerprint density at radius 2 is 2.00 bits per heavy atom. The van der Waals surface area contributed by atoms with Crippen LogP contribution in [0.1, 0.15) is 6.92 Å². The van der Waals surface area contributed by atoms with E-state index in [9.17, 15) is 9.59 Å². The minimum absolute atomic E-state index is 0.582. The molecule has 0 radical (unpaired) electrons. The molecule has 0 fully saturated rings. The van der Waals surface area contributed by atoms with E-state index >= 15 is 0 Å². The average Bonchev–Trinajstić information content (AvgIpc) is 2.26. The Kier molecular flexibility index (Phi) is 6.59. The lowest BCUT2D eigenvalue weighted by atomic mass is 9.92. The highest BCUT2D eigenvalue weighted by Crippen LogP contribution is 2.17. The normalized spacial score (nSPS) is 14.9. The lowest BCUT2D eigenvalue weighted by Gasteiger charge is -2.14. The van der Waals surface area contributed by atoms with Crippen molar-refractivity contribution in [2.45, 2.75) is 6.92 Å². The highest BCUT2D eigenvalue weighted by molar-refractivity contribution is 5.94. The number of aliphatic carboxylic acids is 1. The van der Waals surface area contributed by atoms with Crippen molar-refractivity contribution in [2.75, 3.05) is 7.11 Å². The van der Waals surface area contributed by atoms with Crippen molar-refractivity contribution in [1.82, 2.24) is 0 Å². The highest BCUT2D eigenvalue weighted by Gasteiger charge is 2.32. The van der Waals surface area contributed by atoms with Crippen LogP contribution in [-0.4, -0.2) is 24.2 Å². The summed E-state index contributed by atoms with van der Waals surface area (Å²) in [5.41, 5.74) is 0. The molecule has 0 saturated carbocycles. The lowest BCUT2D eigenvalue weighted by molar-refractivity contribution is -0.157. The van der Waals surface area contributed by atoms with Crippen molar-refractivity contribution in [3.05, 3.63) is 37.0 Å². The molecule has 0 saturated heterocycles. The van der Waals surface area contributed by atoms with Gasteiger partial charge in [-0.2, -0.15) is 0 Å². The molecule has 1 N–H and O–H groups in total. The van der Waals surface area contributed by atoms with Crippen molar-refractivity contribution >= 4 is 11.9 Å². The Morgan fingerprint density at radius 1 is 1.38 bits per heavy atom. The van der Waals surface area contributed by atoms with E-state index in [1.807, 2.05) is 6.92 Å². The SMILES string of the molecule is C=CC(/C=C/C=C/C)C(C(=O)O)C(=O)OC. The number of ether oxygens (including phenoxy) is 1. The van der Waals surface area contributed by atoms with Crippen molar-refractivity contribution in [2.24, 2.45) is 11.8 Å².